The van der Waals surface area contributed by atoms with Crippen molar-refractivity contribution in [3.63, 3.8) is 0 Å². The van der Waals surface area contributed by atoms with E-state index in [2.05, 4.69) is 0 Å². The number of hydrogen-bond donors (Lipinski definition) is 19. The Bertz CT molecular complexity index is 4990. The molecule has 5 atom stereocenters. The van der Waals surface area contributed by atoms with Crippen molar-refractivity contribution in [1.82, 2.24) is 0 Å². The van der Waals surface area contributed by atoms with E-state index in [9.17, 15) is 111 Å². The standard InChI is InChI=1S/C55H30O33/c56-10-1-6-15(33(64)29(10)60)16-7(2-11(57)30(61)34(16)65)51(77)84-44-14(5-82-49(6)75)83-50(76)8-3-12(58)31(62)35(66)17(8)19-26-20(37(68)41(72)36(19)67)21-27-22(39(70)42(73)38(21)69)25(47(87-53(27)79)48(44)88-54(26)80)23-28-24-18-9(52(78)85-46(24)43(74)40(23)71)4-13(59)32(63)45(18)86-55(28)81/h1-4,14,25,44,47-48,56-74H,5H2/t14-,25+,44+,47-,48-/m0/s1. The molecule has 0 saturated carbocycles. The highest BCUT2D eigenvalue weighted by molar-refractivity contribution is 6.24. The first-order valence-corrected chi connectivity index (χ1v) is 24.6. The van der Waals surface area contributed by atoms with E-state index in [0.29, 0.717) is 12.1 Å². The van der Waals surface area contributed by atoms with Crippen molar-refractivity contribution < 1.29 is 154 Å². The predicted molar refractivity (Wildman–Crippen MR) is 277 cm³/mol. The summed E-state index contributed by atoms with van der Waals surface area (Å²) < 4.78 is 40.0. The molecular weight excluding hydrogens is 1190 g/mol. The molecule has 5 aliphatic heterocycles. The summed E-state index contributed by atoms with van der Waals surface area (Å²) >= 11 is 0. The normalized spacial score (nSPS) is 18.7. The summed E-state index contributed by atoms with van der Waals surface area (Å²) in [5.41, 5.74) is -23.7. The molecule has 7 heterocycles. The fraction of sp³-hybridized carbons (Fsp3) is 0.109. The van der Waals surface area contributed by atoms with E-state index in [0.717, 1.165) is 0 Å². The van der Waals surface area contributed by atoms with Gasteiger partial charge in [0.2, 0.25) is 40.2 Å². The van der Waals surface area contributed by atoms with Crippen molar-refractivity contribution in [2.45, 2.75) is 30.3 Å². The Morgan fingerprint density at radius 3 is 1.28 bits per heavy atom. The number of phenolic OH excluding ortho intramolecular Hbond substituents is 19. The molecule has 0 aliphatic carbocycles. The summed E-state index contributed by atoms with van der Waals surface area (Å²) in [5.74, 6) is -43.7. The summed E-state index contributed by atoms with van der Waals surface area (Å²) in [5, 5.41) is 214. The Labute approximate surface area is 478 Å². The van der Waals surface area contributed by atoms with Gasteiger partial charge in [-0.2, -0.15) is 0 Å². The van der Waals surface area contributed by atoms with Gasteiger partial charge >= 0.3 is 41.1 Å². The first kappa shape index (κ1) is 54.3. The molecule has 6 bridgehead atoms. The minimum atomic E-state index is -3.18. The van der Waals surface area contributed by atoms with Crippen LogP contribution in [0.4, 0.5) is 0 Å². The van der Waals surface area contributed by atoms with Crippen molar-refractivity contribution in [2.24, 2.45) is 0 Å². The van der Waals surface area contributed by atoms with Crippen LogP contribution in [0.15, 0.2) is 42.7 Å². The second-order valence-electron chi connectivity index (χ2n) is 20.0. The van der Waals surface area contributed by atoms with Crippen molar-refractivity contribution in [1.29, 1.82) is 0 Å². The summed E-state index contributed by atoms with van der Waals surface area (Å²) in [6.45, 7) is -1.72. The molecule has 5 aliphatic rings. The molecule has 0 unspecified atom stereocenters. The smallest absolute Gasteiger partial charge is 0.344 e. The van der Waals surface area contributed by atoms with Crippen LogP contribution in [0.3, 0.4) is 0 Å². The Morgan fingerprint density at radius 1 is 0.307 bits per heavy atom. The van der Waals surface area contributed by atoms with Gasteiger partial charge in [-0.3, -0.25) is 0 Å². The van der Waals surface area contributed by atoms with Crippen LogP contribution in [0.1, 0.15) is 68.8 Å². The highest BCUT2D eigenvalue weighted by atomic mass is 16.6. The van der Waals surface area contributed by atoms with E-state index in [1.807, 2.05) is 0 Å². The van der Waals surface area contributed by atoms with E-state index < -0.39 is 292 Å². The van der Waals surface area contributed by atoms with Crippen LogP contribution in [-0.4, -0.2) is 158 Å². The van der Waals surface area contributed by atoms with E-state index in [4.69, 9.17) is 32.5 Å². The number of fused-ring (bicyclic) bond motifs is 7. The SMILES string of the molecule is O=C1OC[C@@H]2OC(=O)c3cc(O)c(O)c(O)c3-c3c(O)c(O)c(O)c4c3C(=O)O[C@H]([C@H]3OC(=O)c5c-4c(O)c(O)c(O)c5[C@@H]3c3c(O)c(O)c4oc(=O)c5cc(O)c(O)c6oc(=O)c3c4c65)[C@@H]2OC(=O)c2cc(O)c(O)c(O)c2-c2c1cc(O)c(O)c2O. The fourth-order valence-corrected chi connectivity index (χ4v) is 11.7. The molecule has 33 nitrogen and oxygen atoms in total. The lowest BCUT2D eigenvalue weighted by Crippen LogP contribution is -2.56. The molecule has 19 N–H and O–H groups in total. The monoisotopic (exact) mass is 1220 g/mol. The lowest BCUT2D eigenvalue weighted by molar-refractivity contribution is -0.135. The largest absolute Gasteiger partial charge is 0.504 e. The lowest BCUT2D eigenvalue weighted by Gasteiger charge is -2.43. The number of carbonyl (C=O) groups is 5. The molecule has 0 radical (unpaired) electrons. The van der Waals surface area contributed by atoms with Crippen molar-refractivity contribution in [2.75, 3.05) is 6.61 Å². The van der Waals surface area contributed by atoms with E-state index in [-0.39, 0.29) is 12.1 Å². The van der Waals surface area contributed by atoms with Gasteiger partial charge in [-0.15, -0.1) is 0 Å². The number of esters is 5. The average molecular weight is 1220 g/mol. The third-order valence-corrected chi connectivity index (χ3v) is 15.5. The molecule has 0 spiro atoms. The van der Waals surface area contributed by atoms with Gasteiger partial charge < -0.3 is 130 Å². The zero-order valence-corrected chi connectivity index (χ0v) is 42.6. The van der Waals surface area contributed by atoms with Crippen molar-refractivity contribution >= 4 is 62.6 Å². The Balaban J connectivity index is 1.24. The Morgan fingerprint density at radius 2 is 0.716 bits per heavy atom. The first-order valence-electron chi connectivity index (χ1n) is 24.6. The second kappa shape index (κ2) is 17.8. The zero-order chi connectivity index (χ0) is 63.4. The number of ether oxygens (including phenoxy) is 5. The third-order valence-electron chi connectivity index (χ3n) is 15.5. The van der Waals surface area contributed by atoms with Crippen molar-refractivity contribution in [3.05, 3.63) is 84.0 Å². The molecule has 7 aromatic carbocycles. The van der Waals surface area contributed by atoms with Gasteiger partial charge in [0.25, 0.3) is 0 Å². The minimum Gasteiger partial charge on any atom is -0.504 e. The number of benzene rings is 7. The molecule has 33 heteroatoms. The van der Waals surface area contributed by atoms with Gasteiger partial charge in [0.15, 0.2) is 105 Å². The summed E-state index contributed by atoms with van der Waals surface area (Å²) in [4.78, 5) is 105. The summed E-state index contributed by atoms with van der Waals surface area (Å²) in [6.07, 6.45) is -12.2. The number of hydrogen-bond acceptors (Lipinski definition) is 33. The molecule has 448 valence electrons. The summed E-state index contributed by atoms with van der Waals surface area (Å²) in [7, 11) is 0. The number of phenols is 19. The molecule has 88 heavy (non-hydrogen) atoms. The third kappa shape index (κ3) is 6.80. The van der Waals surface area contributed by atoms with Crippen LogP contribution in [-0.2, 0) is 23.7 Å². The van der Waals surface area contributed by atoms with Crippen LogP contribution >= 0.6 is 0 Å². The predicted octanol–water partition coefficient (Wildman–Crippen LogP) is 3.04. The number of carbonyl (C=O) groups excluding carboxylic acids is 5. The van der Waals surface area contributed by atoms with Gasteiger partial charge in [-0.05, 0) is 24.3 Å². The van der Waals surface area contributed by atoms with Crippen LogP contribution in [0.25, 0.3) is 66.1 Å². The van der Waals surface area contributed by atoms with Crippen LogP contribution < -0.4 is 11.3 Å². The molecule has 2 aromatic heterocycles. The maximum atomic E-state index is 15.9. The number of aromatic hydroxyl groups is 19. The zero-order valence-electron chi connectivity index (χ0n) is 42.6. The van der Waals surface area contributed by atoms with Gasteiger partial charge in [-0.25, -0.2) is 33.6 Å². The van der Waals surface area contributed by atoms with Gasteiger partial charge in [0.1, 0.15) is 6.61 Å². The Kier molecular flexibility index (Phi) is 11.0. The Hall–Kier alpha value is -13.0. The molecule has 14 rings (SSSR count). The van der Waals surface area contributed by atoms with E-state index in [1.165, 1.54) is 0 Å². The molecular formula is C55H30O33. The molecule has 9 aromatic rings. The maximum Gasteiger partial charge on any atom is 0.344 e. The molecule has 0 saturated heterocycles. The van der Waals surface area contributed by atoms with Gasteiger partial charge in [-0.1, -0.05) is 0 Å². The first-order chi connectivity index (χ1) is 41.5. The van der Waals surface area contributed by atoms with Crippen LogP contribution in [0, 0.1) is 0 Å². The molecule has 0 amide bonds. The number of rotatable bonds is 1. The number of cyclic esters (lactones) is 1. The lowest BCUT2D eigenvalue weighted by atomic mass is 9.73. The summed E-state index contributed by atoms with van der Waals surface area (Å²) in [6, 6.07) is 1.42. The highest BCUT2D eigenvalue weighted by Gasteiger charge is 2.57. The van der Waals surface area contributed by atoms with Gasteiger partial charge in [0, 0.05) is 55.3 Å². The van der Waals surface area contributed by atoms with E-state index in [1.54, 1.807) is 0 Å². The van der Waals surface area contributed by atoms with Crippen LogP contribution in [0.5, 0.6) is 109 Å². The quantitative estimate of drug-likeness (QED) is 0.0369. The highest BCUT2D eigenvalue weighted by Crippen LogP contribution is 2.64. The van der Waals surface area contributed by atoms with Gasteiger partial charge in [0.05, 0.1) is 44.5 Å². The van der Waals surface area contributed by atoms with Crippen LogP contribution in [0.2, 0.25) is 0 Å². The maximum absolute atomic E-state index is 15.9. The van der Waals surface area contributed by atoms with Crippen molar-refractivity contribution in [3.8, 4) is 143 Å². The fourth-order valence-electron chi connectivity index (χ4n) is 11.7. The average Bonchev–Trinajstić information content (AvgIpc) is 0.797. The molecule has 0 fully saturated rings. The second-order valence-corrected chi connectivity index (χ2v) is 20.0. The van der Waals surface area contributed by atoms with E-state index >= 15 is 19.2 Å². The topological polar surface area (TPSA) is 576 Å². The minimum absolute atomic E-state index is 0.244.